The summed E-state index contributed by atoms with van der Waals surface area (Å²) in [6.07, 6.45) is 0. The van der Waals surface area contributed by atoms with E-state index in [9.17, 15) is 24.6 Å². The molecule has 114 valence electrons. The van der Waals surface area contributed by atoms with Crippen molar-refractivity contribution in [2.45, 2.75) is 12.5 Å². The highest BCUT2D eigenvalue weighted by molar-refractivity contribution is 14.1. The van der Waals surface area contributed by atoms with Crippen LogP contribution in [0.4, 0.5) is 0 Å². The summed E-state index contributed by atoms with van der Waals surface area (Å²) in [6, 6.07) is 6.33. The topological polar surface area (TPSA) is 107 Å². The average molecular weight is 406 g/mol. The van der Waals surface area contributed by atoms with Gasteiger partial charge in [0, 0.05) is 16.2 Å². The van der Waals surface area contributed by atoms with E-state index >= 15 is 0 Å². The minimum absolute atomic E-state index is 0.181. The third-order valence-corrected chi connectivity index (χ3v) is 3.82. The number of carboxylic acids is 1. The Morgan fingerprint density at radius 1 is 1.29 bits per heavy atom. The maximum atomic E-state index is 12.4. The largest absolute Gasteiger partial charge is 0.479 e. The van der Waals surface area contributed by atoms with E-state index < -0.39 is 30.1 Å². The van der Waals surface area contributed by atoms with Crippen LogP contribution in [0.3, 0.4) is 0 Å². The molecule has 1 aromatic carbocycles. The van der Waals surface area contributed by atoms with E-state index in [1.807, 2.05) is 0 Å². The van der Waals surface area contributed by atoms with E-state index in [4.69, 9.17) is 0 Å². The molecule has 2 amide bonds. The number of carboxylic acid groups (broad SMARTS) is 1. The Morgan fingerprint density at radius 3 is 2.19 bits per heavy atom. The van der Waals surface area contributed by atoms with Crippen molar-refractivity contribution in [2.24, 2.45) is 0 Å². The molecule has 0 aromatic heterocycles. The van der Waals surface area contributed by atoms with Gasteiger partial charge in [-0.15, -0.1) is 0 Å². The van der Waals surface area contributed by atoms with Gasteiger partial charge in [0.25, 0.3) is 11.8 Å². The van der Waals surface area contributed by atoms with Crippen molar-refractivity contribution >= 4 is 40.4 Å². The van der Waals surface area contributed by atoms with Gasteiger partial charge in [-0.3, -0.25) is 14.5 Å². The molecular weight excluding hydrogens is 391 g/mol. The molecule has 1 rings (SSSR count). The predicted octanol–water partition coefficient (Wildman–Crippen LogP) is 0.272. The molecule has 8 heteroatoms. The number of aliphatic carboxylic acids is 1. The number of rotatable bonds is 5. The van der Waals surface area contributed by atoms with Crippen LogP contribution in [0.5, 0.6) is 0 Å². The molecule has 0 spiro atoms. The third kappa shape index (κ3) is 3.32. The van der Waals surface area contributed by atoms with Crippen molar-refractivity contribution in [2.75, 3.05) is 13.8 Å². The van der Waals surface area contributed by atoms with Crippen LogP contribution in [-0.4, -0.2) is 52.2 Å². The molecule has 3 N–H and O–H groups in total. The standard InChI is InChI=1S/C13H15IN2O5/c1-13(12(20)21,11(19)15-2)16(7-17)10(18)8-3-5-9(14)6-4-8/h3-6,17H,7H2,1-2H3,(H,15,19)(H,20,21)/t13-/m0/s1. The molecule has 0 saturated carbocycles. The van der Waals surface area contributed by atoms with E-state index in [1.54, 1.807) is 12.1 Å². The Bertz CT molecular complexity index is 560. The summed E-state index contributed by atoms with van der Waals surface area (Å²) in [6.45, 7) is 0.163. The van der Waals surface area contributed by atoms with Gasteiger partial charge >= 0.3 is 5.97 Å². The van der Waals surface area contributed by atoms with Gasteiger partial charge in [-0.25, -0.2) is 4.79 Å². The lowest BCUT2D eigenvalue weighted by Crippen LogP contribution is -2.63. The normalized spacial score (nSPS) is 13.1. The van der Waals surface area contributed by atoms with Gasteiger partial charge in [-0.1, -0.05) is 0 Å². The summed E-state index contributed by atoms with van der Waals surface area (Å²) in [4.78, 5) is 36.3. The molecule has 0 radical (unpaired) electrons. The van der Waals surface area contributed by atoms with Gasteiger partial charge in [0.15, 0.2) is 0 Å². The quantitative estimate of drug-likeness (QED) is 0.370. The van der Waals surface area contributed by atoms with E-state index in [2.05, 4.69) is 27.9 Å². The number of amides is 2. The number of aliphatic hydroxyl groups is 1. The summed E-state index contributed by atoms with van der Waals surface area (Å²) in [5.74, 6) is -3.18. The molecule has 1 atom stereocenters. The zero-order valence-corrected chi connectivity index (χ0v) is 13.6. The number of carbonyl (C=O) groups is 3. The molecule has 7 nitrogen and oxygen atoms in total. The smallest absolute Gasteiger partial charge is 0.339 e. The van der Waals surface area contributed by atoms with E-state index in [1.165, 1.54) is 19.2 Å². The highest BCUT2D eigenvalue weighted by atomic mass is 127. The number of hydrogen-bond donors (Lipinski definition) is 3. The number of aliphatic hydroxyl groups excluding tert-OH is 1. The van der Waals surface area contributed by atoms with Crippen molar-refractivity contribution < 1.29 is 24.6 Å². The summed E-state index contributed by atoms with van der Waals surface area (Å²) >= 11 is 2.06. The van der Waals surface area contributed by atoms with Crippen LogP contribution in [-0.2, 0) is 9.59 Å². The first kappa shape index (κ1) is 17.4. The van der Waals surface area contributed by atoms with Gasteiger partial charge < -0.3 is 15.5 Å². The van der Waals surface area contributed by atoms with Crippen molar-refractivity contribution in [3.05, 3.63) is 33.4 Å². The first-order valence-electron chi connectivity index (χ1n) is 5.93. The van der Waals surface area contributed by atoms with Crippen LogP contribution in [0.1, 0.15) is 17.3 Å². The number of nitrogens with zero attached hydrogens (tertiary/aromatic N) is 1. The molecule has 0 unspecified atom stereocenters. The summed E-state index contributed by atoms with van der Waals surface area (Å²) < 4.78 is 0.895. The monoisotopic (exact) mass is 406 g/mol. The Labute approximate surface area is 135 Å². The Balaban J connectivity index is 3.26. The van der Waals surface area contributed by atoms with E-state index in [0.29, 0.717) is 4.90 Å². The van der Waals surface area contributed by atoms with Crippen LogP contribution >= 0.6 is 22.6 Å². The molecule has 0 saturated heterocycles. The van der Waals surface area contributed by atoms with Gasteiger partial charge in [-0.05, 0) is 53.8 Å². The van der Waals surface area contributed by atoms with Gasteiger partial charge in [0.2, 0.25) is 5.54 Å². The van der Waals surface area contributed by atoms with Crippen molar-refractivity contribution in [3.63, 3.8) is 0 Å². The van der Waals surface area contributed by atoms with Crippen LogP contribution in [0.15, 0.2) is 24.3 Å². The van der Waals surface area contributed by atoms with Crippen LogP contribution in [0.25, 0.3) is 0 Å². The number of hydrogen-bond acceptors (Lipinski definition) is 4. The Morgan fingerprint density at radius 2 is 1.81 bits per heavy atom. The molecule has 0 aliphatic carbocycles. The summed E-state index contributed by atoms with van der Waals surface area (Å²) in [5.41, 5.74) is -2.02. The lowest BCUT2D eigenvalue weighted by Gasteiger charge is -2.34. The average Bonchev–Trinajstić information content (AvgIpc) is 2.47. The second-order valence-electron chi connectivity index (χ2n) is 4.34. The second-order valence-corrected chi connectivity index (χ2v) is 5.58. The first-order chi connectivity index (χ1) is 9.78. The molecule has 0 aliphatic rings. The van der Waals surface area contributed by atoms with Crippen LogP contribution in [0, 0.1) is 3.57 Å². The lowest BCUT2D eigenvalue weighted by atomic mass is 9.98. The van der Waals surface area contributed by atoms with Crippen molar-refractivity contribution in [1.29, 1.82) is 0 Å². The molecule has 0 bridgehead atoms. The number of carbonyl (C=O) groups excluding carboxylic acids is 2. The molecule has 0 fully saturated rings. The lowest BCUT2D eigenvalue weighted by molar-refractivity contribution is -0.158. The molecule has 1 aromatic rings. The predicted molar refractivity (Wildman–Crippen MR) is 82.5 cm³/mol. The molecule has 0 heterocycles. The Kier molecular flexibility index (Phi) is 5.67. The number of nitrogens with one attached hydrogen (secondary N) is 1. The number of halogens is 1. The van der Waals surface area contributed by atoms with Gasteiger partial charge in [0.05, 0.1) is 0 Å². The van der Waals surface area contributed by atoms with E-state index in [-0.39, 0.29) is 5.56 Å². The van der Waals surface area contributed by atoms with Crippen LogP contribution < -0.4 is 5.32 Å². The molecule has 21 heavy (non-hydrogen) atoms. The third-order valence-electron chi connectivity index (χ3n) is 3.10. The molecule has 0 aliphatic heterocycles. The fraction of sp³-hybridized carbons (Fsp3) is 0.308. The highest BCUT2D eigenvalue weighted by Crippen LogP contribution is 2.19. The fourth-order valence-electron chi connectivity index (χ4n) is 1.74. The highest BCUT2D eigenvalue weighted by Gasteiger charge is 2.48. The van der Waals surface area contributed by atoms with E-state index in [0.717, 1.165) is 10.5 Å². The number of benzene rings is 1. The SMILES string of the molecule is CNC(=O)[C@@](C)(C(=O)O)N(CO)C(=O)c1ccc(I)cc1. The maximum absolute atomic E-state index is 12.4. The van der Waals surface area contributed by atoms with Crippen molar-refractivity contribution in [3.8, 4) is 0 Å². The van der Waals surface area contributed by atoms with Gasteiger partial charge in [-0.2, -0.15) is 0 Å². The first-order valence-corrected chi connectivity index (χ1v) is 7.00. The van der Waals surface area contributed by atoms with Gasteiger partial charge in [0.1, 0.15) is 6.73 Å². The number of likely N-dealkylation sites (N-methyl/N-ethyl adjacent to an activating group) is 1. The fourth-order valence-corrected chi connectivity index (χ4v) is 2.10. The second kappa shape index (κ2) is 6.85. The molecular formula is C13H15IN2O5. The zero-order valence-electron chi connectivity index (χ0n) is 11.5. The minimum Gasteiger partial charge on any atom is -0.479 e. The summed E-state index contributed by atoms with van der Waals surface area (Å²) in [5, 5.41) is 20.9. The van der Waals surface area contributed by atoms with Crippen LogP contribution in [0.2, 0.25) is 0 Å². The Hall–Kier alpha value is -1.68. The van der Waals surface area contributed by atoms with Crippen molar-refractivity contribution in [1.82, 2.24) is 10.2 Å². The maximum Gasteiger partial charge on any atom is 0.339 e. The summed E-state index contributed by atoms with van der Waals surface area (Å²) in [7, 11) is 1.26. The minimum atomic E-state index is -2.20. The zero-order chi connectivity index (χ0) is 16.2.